The van der Waals surface area contributed by atoms with Crippen LogP contribution in [0.15, 0.2) is 42.5 Å². The zero-order valence-corrected chi connectivity index (χ0v) is 12.1. The summed E-state index contributed by atoms with van der Waals surface area (Å²) in [7, 11) is 1.96. The topological polar surface area (TPSA) is 46.9 Å². The molecule has 0 aliphatic heterocycles. The third-order valence-corrected chi connectivity index (χ3v) is 3.25. The summed E-state index contributed by atoms with van der Waals surface area (Å²) in [6.45, 7) is 7.73. The number of aryl methyl sites for hydroxylation is 1. The number of imidazole rings is 1. The Kier molecular flexibility index (Phi) is 4.03. The summed E-state index contributed by atoms with van der Waals surface area (Å²) in [6.07, 6.45) is 0. The van der Waals surface area contributed by atoms with E-state index in [1.807, 2.05) is 48.9 Å². The van der Waals surface area contributed by atoms with Crippen LogP contribution in [0.4, 0.5) is 0 Å². The van der Waals surface area contributed by atoms with Crippen LogP contribution >= 0.6 is 0 Å². The Balaban J connectivity index is 2.26. The number of nitrogens with one attached hydrogen (secondary N) is 1. The van der Waals surface area contributed by atoms with Crippen LogP contribution in [0.2, 0.25) is 0 Å². The molecule has 0 aliphatic carbocycles. The fourth-order valence-corrected chi connectivity index (χ4v) is 2.08. The molecular formula is C16H19N3O. The largest absolute Gasteiger partial charge is 0.347 e. The number of nitrogens with zero attached hydrogens (tertiary/aromatic N) is 2. The van der Waals surface area contributed by atoms with Gasteiger partial charge in [0.1, 0.15) is 5.82 Å². The van der Waals surface area contributed by atoms with E-state index in [4.69, 9.17) is 0 Å². The van der Waals surface area contributed by atoms with E-state index in [1.165, 1.54) is 0 Å². The Morgan fingerprint density at radius 2 is 2.00 bits per heavy atom. The van der Waals surface area contributed by atoms with E-state index in [-0.39, 0.29) is 5.91 Å². The Morgan fingerprint density at radius 1 is 1.35 bits per heavy atom. The van der Waals surface area contributed by atoms with Crippen LogP contribution < -0.4 is 5.32 Å². The van der Waals surface area contributed by atoms with E-state index in [9.17, 15) is 4.79 Å². The number of amides is 1. The summed E-state index contributed by atoms with van der Waals surface area (Å²) >= 11 is 0. The van der Waals surface area contributed by atoms with Gasteiger partial charge in [0.2, 0.25) is 5.91 Å². The predicted molar refractivity (Wildman–Crippen MR) is 80.0 cm³/mol. The van der Waals surface area contributed by atoms with Crippen LogP contribution in [0, 0.1) is 6.92 Å². The summed E-state index contributed by atoms with van der Waals surface area (Å²) in [6, 6.07) is 10.0. The highest BCUT2D eigenvalue weighted by atomic mass is 16.1. The molecule has 20 heavy (non-hydrogen) atoms. The maximum absolute atomic E-state index is 11.6. The number of benzene rings is 1. The lowest BCUT2D eigenvalue weighted by atomic mass is 10.2. The fraction of sp³-hybridized carbons (Fsp3) is 0.250. The van der Waals surface area contributed by atoms with Gasteiger partial charge in [-0.25, -0.2) is 4.98 Å². The van der Waals surface area contributed by atoms with E-state index >= 15 is 0 Å². The van der Waals surface area contributed by atoms with Gasteiger partial charge in [0, 0.05) is 18.2 Å². The molecule has 0 radical (unpaired) electrons. The lowest BCUT2D eigenvalue weighted by molar-refractivity contribution is -0.117. The Labute approximate surface area is 119 Å². The summed E-state index contributed by atoms with van der Waals surface area (Å²) in [4.78, 5) is 16.2. The van der Waals surface area contributed by atoms with Gasteiger partial charge in [-0.3, -0.25) is 4.79 Å². The van der Waals surface area contributed by atoms with Crippen molar-refractivity contribution in [1.82, 2.24) is 14.9 Å². The highest BCUT2D eigenvalue weighted by Crippen LogP contribution is 2.20. The van der Waals surface area contributed by atoms with Gasteiger partial charge in [-0.15, -0.1) is 0 Å². The molecule has 1 amide bonds. The average molecular weight is 269 g/mol. The second-order valence-electron chi connectivity index (χ2n) is 4.86. The van der Waals surface area contributed by atoms with Gasteiger partial charge in [-0.1, -0.05) is 36.9 Å². The number of carbonyl (C=O) groups is 1. The monoisotopic (exact) mass is 269 g/mol. The lowest BCUT2D eigenvalue weighted by Gasteiger charge is -2.08. The zero-order chi connectivity index (χ0) is 14.7. The van der Waals surface area contributed by atoms with Crippen LogP contribution in [-0.2, 0) is 18.4 Å². The molecule has 2 rings (SSSR count). The highest BCUT2D eigenvalue weighted by molar-refractivity contribution is 5.92. The minimum atomic E-state index is -0.133. The zero-order valence-electron chi connectivity index (χ0n) is 12.1. The molecule has 104 valence electrons. The molecule has 0 saturated heterocycles. The summed E-state index contributed by atoms with van der Waals surface area (Å²) in [5.74, 6) is 0.773. The van der Waals surface area contributed by atoms with Gasteiger partial charge in [0.25, 0.3) is 0 Å². The molecule has 0 aliphatic rings. The van der Waals surface area contributed by atoms with E-state index in [0.717, 1.165) is 22.8 Å². The first-order chi connectivity index (χ1) is 9.50. The number of hydrogen-bond donors (Lipinski definition) is 1. The smallest absolute Gasteiger partial charge is 0.246 e. The molecular weight excluding hydrogens is 250 g/mol. The first kappa shape index (κ1) is 14.1. The van der Waals surface area contributed by atoms with Crippen LogP contribution in [0.5, 0.6) is 0 Å². The summed E-state index contributed by atoms with van der Waals surface area (Å²) in [5, 5.41) is 2.85. The van der Waals surface area contributed by atoms with E-state index in [2.05, 4.69) is 16.9 Å². The van der Waals surface area contributed by atoms with Crippen molar-refractivity contribution in [3.05, 3.63) is 53.9 Å². The van der Waals surface area contributed by atoms with Gasteiger partial charge in [0.05, 0.1) is 17.9 Å². The Hall–Kier alpha value is -2.36. The van der Waals surface area contributed by atoms with Crippen molar-refractivity contribution >= 4 is 5.91 Å². The van der Waals surface area contributed by atoms with Crippen molar-refractivity contribution in [3.63, 3.8) is 0 Å². The molecule has 0 bridgehead atoms. The van der Waals surface area contributed by atoms with Crippen molar-refractivity contribution in [2.24, 2.45) is 7.05 Å². The second kappa shape index (κ2) is 5.74. The van der Waals surface area contributed by atoms with Gasteiger partial charge in [-0.2, -0.15) is 0 Å². The van der Waals surface area contributed by atoms with Gasteiger partial charge in [-0.05, 0) is 13.8 Å². The van der Waals surface area contributed by atoms with E-state index in [1.54, 1.807) is 6.92 Å². The third-order valence-electron chi connectivity index (χ3n) is 3.25. The molecule has 1 N–H and O–H groups in total. The fourth-order valence-electron chi connectivity index (χ4n) is 2.08. The van der Waals surface area contributed by atoms with Gasteiger partial charge < -0.3 is 9.88 Å². The van der Waals surface area contributed by atoms with Crippen molar-refractivity contribution in [2.45, 2.75) is 20.4 Å². The first-order valence-electron chi connectivity index (χ1n) is 6.52. The Morgan fingerprint density at radius 3 is 2.60 bits per heavy atom. The van der Waals surface area contributed by atoms with Crippen molar-refractivity contribution in [1.29, 1.82) is 0 Å². The van der Waals surface area contributed by atoms with Crippen LogP contribution in [0.3, 0.4) is 0 Å². The molecule has 1 aromatic heterocycles. The minimum Gasteiger partial charge on any atom is -0.347 e. The number of carbonyl (C=O) groups excluding carboxylic acids is 1. The average Bonchev–Trinajstić information content (AvgIpc) is 2.72. The first-order valence-corrected chi connectivity index (χ1v) is 6.52. The molecule has 0 fully saturated rings. The number of rotatable bonds is 4. The molecule has 0 atom stereocenters. The van der Waals surface area contributed by atoms with Crippen molar-refractivity contribution < 1.29 is 4.79 Å². The van der Waals surface area contributed by atoms with Gasteiger partial charge in [0.15, 0.2) is 0 Å². The standard InChI is InChI=1S/C16H19N3O/c1-11(2)16(20)17-10-14-12(3)18-15(19(14)4)13-8-6-5-7-9-13/h5-9H,1,10H2,2-4H3,(H,17,20). The third kappa shape index (κ3) is 2.79. The number of aromatic nitrogens is 2. The Bertz CT molecular complexity index is 641. The molecule has 2 aromatic rings. The van der Waals surface area contributed by atoms with Gasteiger partial charge >= 0.3 is 0 Å². The second-order valence-corrected chi connectivity index (χ2v) is 4.86. The molecule has 0 spiro atoms. The highest BCUT2D eigenvalue weighted by Gasteiger charge is 2.13. The van der Waals surface area contributed by atoms with Crippen LogP contribution in [0.25, 0.3) is 11.4 Å². The lowest BCUT2D eigenvalue weighted by Crippen LogP contribution is -2.24. The maximum Gasteiger partial charge on any atom is 0.246 e. The molecule has 0 unspecified atom stereocenters. The predicted octanol–water partition coefficient (Wildman–Crippen LogP) is 2.59. The van der Waals surface area contributed by atoms with Crippen molar-refractivity contribution in [3.8, 4) is 11.4 Å². The summed E-state index contributed by atoms with van der Waals surface area (Å²) < 4.78 is 2.02. The maximum atomic E-state index is 11.6. The van der Waals surface area contributed by atoms with Crippen molar-refractivity contribution in [2.75, 3.05) is 0 Å². The number of hydrogen-bond acceptors (Lipinski definition) is 2. The SMILES string of the molecule is C=C(C)C(=O)NCc1c(C)nc(-c2ccccc2)n1C. The molecule has 1 heterocycles. The van der Waals surface area contributed by atoms with Crippen LogP contribution in [0.1, 0.15) is 18.3 Å². The molecule has 0 saturated carbocycles. The van der Waals surface area contributed by atoms with Crippen LogP contribution in [-0.4, -0.2) is 15.5 Å². The molecule has 4 heteroatoms. The van der Waals surface area contributed by atoms with E-state index < -0.39 is 0 Å². The normalized spacial score (nSPS) is 10.3. The molecule has 1 aromatic carbocycles. The van der Waals surface area contributed by atoms with E-state index in [0.29, 0.717) is 12.1 Å². The quantitative estimate of drug-likeness (QED) is 0.867. The summed E-state index contributed by atoms with van der Waals surface area (Å²) in [5.41, 5.74) is 3.50. The minimum absolute atomic E-state index is 0.133. The molecule has 4 nitrogen and oxygen atoms in total.